The highest BCUT2D eigenvalue weighted by atomic mass is 16.6. The lowest BCUT2D eigenvalue weighted by molar-refractivity contribution is -0.155. The van der Waals surface area contributed by atoms with Crippen LogP contribution in [0.25, 0.3) is 0 Å². The molecule has 4 nitrogen and oxygen atoms in total. The lowest BCUT2D eigenvalue weighted by Gasteiger charge is -2.21. The number of rotatable bonds is 0. The van der Waals surface area contributed by atoms with Crippen LogP contribution >= 0.6 is 0 Å². The van der Waals surface area contributed by atoms with Gasteiger partial charge in [0.1, 0.15) is 5.41 Å². The van der Waals surface area contributed by atoms with Crippen molar-refractivity contribution in [2.24, 2.45) is 5.41 Å². The van der Waals surface area contributed by atoms with E-state index in [-0.39, 0.29) is 18.6 Å². The molecule has 2 saturated heterocycles. The van der Waals surface area contributed by atoms with Crippen molar-refractivity contribution >= 4 is 11.9 Å². The molecule has 4 heteroatoms. The lowest BCUT2D eigenvalue weighted by atomic mass is 9.76. The zero-order chi connectivity index (χ0) is 9.05. The van der Waals surface area contributed by atoms with E-state index in [1.807, 2.05) is 12.2 Å². The Morgan fingerprint density at radius 1 is 1.38 bits per heavy atom. The van der Waals surface area contributed by atoms with Gasteiger partial charge in [-0.25, -0.2) is 0 Å². The van der Waals surface area contributed by atoms with Crippen LogP contribution in [-0.4, -0.2) is 24.1 Å². The summed E-state index contributed by atoms with van der Waals surface area (Å²) in [7, 11) is 0. The Morgan fingerprint density at radius 3 is 2.69 bits per heavy atom. The zero-order valence-corrected chi connectivity index (χ0v) is 6.86. The minimum absolute atomic E-state index is 0.00319. The van der Waals surface area contributed by atoms with E-state index in [1.165, 1.54) is 0 Å². The summed E-state index contributed by atoms with van der Waals surface area (Å²) in [6.07, 6.45) is 4.33. The van der Waals surface area contributed by atoms with Crippen LogP contribution < -0.4 is 0 Å². The zero-order valence-electron chi connectivity index (χ0n) is 6.86. The van der Waals surface area contributed by atoms with Gasteiger partial charge in [0.15, 0.2) is 0 Å². The Bertz CT molecular complexity index is 333. The van der Waals surface area contributed by atoms with Crippen LogP contribution in [0, 0.1) is 5.41 Å². The third kappa shape index (κ3) is 0.740. The highest BCUT2D eigenvalue weighted by Crippen LogP contribution is 2.50. The van der Waals surface area contributed by atoms with E-state index >= 15 is 0 Å². The summed E-state index contributed by atoms with van der Waals surface area (Å²) in [4.78, 5) is 22.4. The van der Waals surface area contributed by atoms with Crippen molar-refractivity contribution in [2.45, 2.75) is 25.0 Å². The standard InChI is InChI=1S/C9H8O4/c10-7-4-9(8(11)13-7)3-5-1-2-6(9)12-5/h1-2,5-6H,3-4H2. The predicted octanol–water partition coefficient (Wildman–Crippen LogP) is 0.174. The van der Waals surface area contributed by atoms with Crippen molar-refractivity contribution in [3.8, 4) is 0 Å². The average Bonchev–Trinajstić information content (AvgIpc) is 2.68. The highest BCUT2D eigenvalue weighted by Gasteiger charge is 2.61. The lowest BCUT2D eigenvalue weighted by Crippen LogP contribution is -2.34. The molecule has 0 aliphatic carbocycles. The fraction of sp³-hybridized carbons (Fsp3) is 0.556. The van der Waals surface area contributed by atoms with E-state index in [0.717, 1.165) is 0 Å². The maximum Gasteiger partial charge on any atom is 0.323 e. The molecule has 0 saturated carbocycles. The molecule has 68 valence electrons. The first-order valence-electron chi connectivity index (χ1n) is 4.30. The first-order valence-corrected chi connectivity index (χ1v) is 4.30. The Balaban J connectivity index is 2.03. The molecule has 3 aliphatic heterocycles. The normalized spacial score (nSPS) is 46.5. The first-order chi connectivity index (χ1) is 6.21. The van der Waals surface area contributed by atoms with Gasteiger partial charge in [-0.3, -0.25) is 9.59 Å². The fourth-order valence-electron chi connectivity index (χ4n) is 2.35. The number of carbonyl (C=O) groups is 2. The molecule has 3 unspecified atom stereocenters. The Labute approximate surface area is 74.5 Å². The predicted molar refractivity (Wildman–Crippen MR) is 40.6 cm³/mol. The monoisotopic (exact) mass is 180 g/mol. The van der Waals surface area contributed by atoms with Gasteiger partial charge >= 0.3 is 11.9 Å². The van der Waals surface area contributed by atoms with Crippen molar-refractivity contribution < 1.29 is 19.1 Å². The quantitative estimate of drug-likeness (QED) is 0.303. The number of hydrogen-bond acceptors (Lipinski definition) is 4. The number of carbonyl (C=O) groups excluding carboxylic acids is 2. The van der Waals surface area contributed by atoms with Crippen LogP contribution in [0.15, 0.2) is 12.2 Å². The second kappa shape index (κ2) is 2.01. The minimum Gasteiger partial charge on any atom is -0.393 e. The van der Waals surface area contributed by atoms with E-state index < -0.39 is 17.4 Å². The largest absolute Gasteiger partial charge is 0.393 e. The van der Waals surface area contributed by atoms with Gasteiger partial charge in [0.2, 0.25) is 0 Å². The van der Waals surface area contributed by atoms with E-state index in [1.54, 1.807) is 0 Å². The van der Waals surface area contributed by atoms with Crippen LogP contribution in [0.4, 0.5) is 0 Å². The van der Waals surface area contributed by atoms with Crippen molar-refractivity contribution in [2.75, 3.05) is 0 Å². The van der Waals surface area contributed by atoms with Crippen molar-refractivity contribution in [3.05, 3.63) is 12.2 Å². The Hall–Kier alpha value is -1.16. The second-order valence-electron chi connectivity index (χ2n) is 3.78. The molecule has 3 rings (SSSR count). The summed E-state index contributed by atoms with van der Waals surface area (Å²) in [6.45, 7) is 0. The molecule has 2 fully saturated rings. The second-order valence-corrected chi connectivity index (χ2v) is 3.78. The van der Waals surface area contributed by atoms with Crippen molar-refractivity contribution in [3.63, 3.8) is 0 Å². The van der Waals surface area contributed by atoms with Crippen LogP contribution in [0.5, 0.6) is 0 Å². The van der Waals surface area contributed by atoms with Crippen molar-refractivity contribution in [1.82, 2.24) is 0 Å². The van der Waals surface area contributed by atoms with Gasteiger partial charge in [0.05, 0.1) is 18.6 Å². The summed E-state index contributed by atoms with van der Waals surface area (Å²) in [5.74, 6) is -0.830. The maximum absolute atomic E-state index is 11.4. The third-order valence-corrected chi connectivity index (χ3v) is 3.00. The van der Waals surface area contributed by atoms with Crippen LogP contribution in [0.2, 0.25) is 0 Å². The summed E-state index contributed by atoms with van der Waals surface area (Å²) < 4.78 is 10.0. The minimum atomic E-state index is -0.684. The van der Waals surface area contributed by atoms with Gasteiger partial charge in [0.25, 0.3) is 0 Å². The fourth-order valence-corrected chi connectivity index (χ4v) is 2.35. The Kier molecular flexibility index (Phi) is 1.12. The molecule has 3 aliphatic rings. The molecular weight excluding hydrogens is 172 g/mol. The van der Waals surface area contributed by atoms with Gasteiger partial charge < -0.3 is 9.47 Å². The molecular formula is C9H8O4. The van der Waals surface area contributed by atoms with Gasteiger partial charge in [0, 0.05) is 0 Å². The SMILES string of the molecule is O=C1CC2(CC3C=CC2O3)C(=O)O1. The number of cyclic esters (lactones) is 2. The molecule has 0 N–H and O–H groups in total. The average molecular weight is 180 g/mol. The summed E-state index contributed by atoms with van der Waals surface area (Å²) in [5.41, 5.74) is -0.684. The molecule has 13 heavy (non-hydrogen) atoms. The first kappa shape index (κ1) is 7.26. The smallest absolute Gasteiger partial charge is 0.323 e. The van der Waals surface area contributed by atoms with Gasteiger partial charge in [-0.15, -0.1) is 0 Å². The molecule has 0 aromatic rings. The van der Waals surface area contributed by atoms with Crippen LogP contribution in [0.3, 0.4) is 0 Å². The Morgan fingerprint density at radius 2 is 2.23 bits per heavy atom. The van der Waals surface area contributed by atoms with Crippen molar-refractivity contribution in [1.29, 1.82) is 0 Å². The molecule has 0 aromatic carbocycles. The molecule has 0 aromatic heterocycles. The maximum atomic E-state index is 11.4. The van der Waals surface area contributed by atoms with E-state index in [0.29, 0.717) is 6.42 Å². The van der Waals surface area contributed by atoms with Crippen LogP contribution in [-0.2, 0) is 19.1 Å². The molecule has 3 atom stereocenters. The number of esters is 2. The molecule has 0 amide bonds. The summed E-state index contributed by atoms with van der Waals surface area (Å²) in [6, 6.07) is 0. The van der Waals surface area contributed by atoms with Gasteiger partial charge in [-0.1, -0.05) is 12.2 Å². The number of ether oxygens (including phenoxy) is 2. The highest BCUT2D eigenvalue weighted by molar-refractivity contribution is 5.98. The number of fused-ring (bicyclic) bond motifs is 3. The molecule has 2 bridgehead atoms. The molecule has 3 heterocycles. The molecule has 1 spiro atoms. The van der Waals surface area contributed by atoms with E-state index in [9.17, 15) is 9.59 Å². The van der Waals surface area contributed by atoms with Gasteiger partial charge in [-0.2, -0.15) is 0 Å². The van der Waals surface area contributed by atoms with Gasteiger partial charge in [-0.05, 0) is 6.42 Å². The van der Waals surface area contributed by atoms with E-state index in [4.69, 9.17) is 4.74 Å². The topological polar surface area (TPSA) is 52.6 Å². The third-order valence-electron chi connectivity index (χ3n) is 3.00. The number of hydrogen-bond donors (Lipinski definition) is 0. The summed E-state index contributed by atoms with van der Waals surface area (Å²) in [5, 5.41) is 0. The molecule has 0 radical (unpaired) electrons. The summed E-state index contributed by atoms with van der Waals surface area (Å²) >= 11 is 0. The van der Waals surface area contributed by atoms with Crippen LogP contribution in [0.1, 0.15) is 12.8 Å². The van der Waals surface area contributed by atoms with E-state index in [2.05, 4.69) is 4.74 Å².